The molecule has 1 heterocycles. The molecule has 1 aliphatic rings. The van der Waals surface area contributed by atoms with Crippen molar-refractivity contribution >= 4 is 33.0 Å². The van der Waals surface area contributed by atoms with Gasteiger partial charge in [0.25, 0.3) is 0 Å². The maximum atomic E-state index is 13.8. The lowest BCUT2D eigenvalue weighted by Crippen LogP contribution is -1.96. The lowest BCUT2D eigenvalue weighted by molar-refractivity contribution is 0.0971. The van der Waals surface area contributed by atoms with Crippen molar-refractivity contribution in [3.8, 4) is 10.4 Å². The van der Waals surface area contributed by atoms with Gasteiger partial charge in [-0.25, -0.2) is 8.78 Å². The maximum Gasteiger partial charge on any atom is 0.175 e. The minimum atomic E-state index is -0.632. The van der Waals surface area contributed by atoms with Crippen molar-refractivity contribution in [3.63, 3.8) is 0 Å². The molecule has 0 spiro atoms. The maximum absolute atomic E-state index is 13.8. The van der Waals surface area contributed by atoms with Crippen molar-refractivity contribution < 1.29 is 13.6 Å². The summed E-state index contributed by atoms with van der Waals surface area (Å²) in [6.45, 7) is 0. The molecule has 1 aliphatic carbocycles. The lowest BCUT2D eigenvalue weighted by Gasteiger charge is -2.02. The van der Waals surface area contributed by atoms with Crippen LogP contribution in [-0.2, 0) is 0 Å². The standard InChI is InChI=1S/C14H9BrF2OS/c15-9-5-8(10(16)6-11(9)17)12-3-4-13(19-12)14(18)7-1-2-7/h3-7H,1-2H2. The van der Waals surface area contributed by atoms with Gasteiger partial charge in [-0.15, -0.1) is 11.3 Å². The summed E-state index contributed by atoms with van der Waals surface area (Å²) in [6, 6.07) is 5.68. The van der Waals surface area contributed by atoms with Crippen molar-refractivity contribution in [1.29, 1.82) is 0 Å². The van der Waals surface area contributed by atoms with Gasteiger partial charge in [-0.2, -0.15) is 0 Å². The molecule has 0 amide bonds. The summed E-state index contributed by atoms with van der Waals surface area (Å²) >= 11 is 4.30. The van der Waals surface area contributed by atoms with Crippen LogP contribution in [0.3, 0.4) is 0 Å². The molecule has 3 rings (SSSR count). The van der Waals surface area contributed by atoms with Gasteiger partial charge in [0.1, 0.15) is 11.6 Å². The second-order valence-electron chi connectivity index (χ2n) is 4.55. The number of benzene rings is 1. The predicted octanol–water partition coefficient (Wildman–Crippen LogP) is 5.05. The Hall–Kier alpha value is -1.07. The van der Waals surface area contributed by atoms with Crippen LogP contribution >= 0.6 is 27.3 Å². The smallest absolute Gasteiger partial charge is 0.175 e. The Kier molecular flexibility index (Phi) is 3.27. The lowest BCUT2D eigenvalue weighted by atomic mass is 10.1. The minimum absolute atomic E-state index is 0.137. The number of rotatable bonds is 3. The van der Waals surface area contributed by atoms with Gasteiger partial charge < -0.3 is 0 Å². The fourth-order valence-corrected chi connectivity index (χ4v) is 3.26. The van der Waals surface area contributed by atoms with Crippen molar-refractivity contribution in [1.82, 2.24) is 0 Å². The summed E-state index contributed by atoms with van der Waals surface area (Å²) < 4.78 is 27.2. The molecule has 2 aromatic rings. The van der Waals surface area contributed by atoms with Gasteiger partial charge in [-0.05, 0) is 47.0 Å². The molecule has 0 radical (unpaired) electrons. The van der Waals surface area contributed by atoms with Crippen LogP contribution in [-0.4, -0.2) is 5.78 Å². The molecule has 19 heavy (non-hydrogen) atoms. The van der Waals surface area contributed by atoms with Crippen molar-refractivity contribution in [3.05, 3.63) is 45.2 Å². The van der Waals surface area contributed by atoms with E-state index in [-0.39, 0.29) is 16.2 Å². The molecule has 0 unspecified atom stereocenters. The zero-order valence-electron chi connectivity index (χ0n) is 9.75. The Morgan fingerprint density at radius 2 is 1.95 bits per heavy atom. The number of Topliss-reactive ketones (excluding diaryl/α,β-unsaturated/α-hetero) is 1. The Bertz CT molecular complexity index is 661. The molecule has 0 saturated heterocycles. The fourth-order valence-electron chi connectivity index (χ4n) is 1.87. The number of ketones is 1. The average Bonchev–Trinajstić information content (AvgIpc) is 3.11. The van der Waals surface area contributed by atoms with E-state index >= 15 is 0 Å². The fraction of sp³-hybridized carbons (Fsp3) is 0.214. The van der Waals surface area contributed by atoms with Crippen LogP contribution in [0.5, 0.6) is 0 Å². The predicted molar refractivity (Wildman–Crippen MR) is 74.4 cm³/mol. The van der Waals surface area contributed by atoms with E-state index in [0.29, 0.717) is 15.3 Å². The summed E-state index contributed by atoms with van der Waals surface area (Å²) in [5.74, 6) is -0.964. The molecule has 1 nitrogen and oxygen atoms in total. The van der Waals surface area contributed by atoms with Gasteiger partial charge in [0.2, 0.25) is 0 Å². The number of hydrogen-bond donors (Lipinski definition) is 0. The zero-order chi connectivity index (χ0) is 13.6. The highest BCUT2D eigenvalue weighted by molar-refractivity contribution is 9.10. The molecule has 5 heteroatoms. The first kappa shape index (κ1) is 12.9. The Morgan fingerprint density at radius 3 is 2.63 bits per heavy atom. The number of hydrogen-bond acceptors (Lipinski definition) is 2. The van der Waals surface area contributed by atoms with E-state index in [0.717, 1.165) is 18.9 Å². The number of carbonyl (C=O) groups excluding carboxylic acids is 1. The second kappa shape index (κ2) is 4.80. The largest absolute Gasteiger partial charge is 0.293 e. The number of carbonyl (C=O) groups is 1. The van der Waals surface area contributed by atoms with Gasteiger partial charge in [0.15, 0.2) is 5.78 Å². The first-order valence-electron chi connectivity index (χ1n) is 5.85. The molecule has 0 atom stereocenters. The summed E-state index contributed by atoms with van der Waals surface area (Å²) in [5, 5.41) is 0. The van der Waals surface area contributed by atoms with Crippen LogP contribution in [0.2, 0.25) is 0 Å². The minimum Gasteiger partial charge on any atom is -0.293 e. The third kappa shape index (κ3) is 2.49. The highest BCUT2D eigenvalue weighted by Crippen LogP contribution is 2.38. The first-order chi connectivity index (χ1) is 9.06. The third-order valence-electron chi connectivity index (χ3n) is 3.07. The van der Waals surface area contributed by atoms with Gasteiger partial charge in [0.05, 0.1) is 9.35 Å². The molecule has 0 bridgehead atoms. The van der Waals surface area contributed by atoms with Gasteiger partial charge >= 0.3 is 0 Å². The van der Waals surface area contributed by atoms with E-state index in [1.54, 1.807) is 12.1 Å². The Morgan fingerprint density at radius 1 is 1.21 bits per heavy atom. The highest BCUT2D eigenvalue weighted by Gasteiger charge is 2.31. The molecular weight excluding hydrogens is 334 g/mol. The summed E-state index contributed by atoms with van der Waals surface area (Å²) in [7, 11) is 0. The normalized spacial score (nSPS) is 14.7. The molecule has 1 aromatic heterocycles. The first-order valence-corrected chi connectivity index (χ1v) is 7.46. The van der Waals surface area contributed by atoms with Crippen LogP contribution in [0, 0.1) is 17.6 Å². The number of thiophene rings is 1. The van der Waals surface area contributed by atoms with E-state index in [1.165, 1.54) is 17.4 Å². The Balaban J connectivity index is 1.98. The van der Waals surface area contributed by atoms with Crippen LogP contribution in [0.1, 0.15) is 22.5 Å². The monoisotopic (exact) mass is 342 g/mol. The molecule has 0 N–H and O–H groups in total. The third-order valence-corrected chi connectivity index (χ3v) is 4.81. The molecule has 1 saturated carbocycles. The second-order valence-corrected chi connectivity index (χ2v) is 6.49. The summed E-state index contributed by atoms with van der Waals surface area (Å²) in [5.41, 5.74) is 0.313. The average molecular weight is 343 g/mol. The topological polar surface area (TPSA) is 17.1 Å². The Labute approximate surface area is 121 Å². The highest BCUT2D eigenvalue weighted by atomic mass is 79.9. The van der Waals surface area contributed by atoms with Crippen LogP contribution in [0.25, 0.3) is 10.4 Å². The molecular formula is C14H9BrF2OS. The van der Waals surface area contributed by atoms with Crippen LogP contribution in [0.4, 0.5) is 8.78 Å². The zero-order valence-corrected chi connectivity index (χ0v) is 12.2. The number of halogens is 3. The van der Waals surface area contributed by atoms with Gasteiger partial charge in [-0.3, -0.25) is 4.79 Å². The molecule has 1 aromatic carbocycles. The SMILES string of the molecule is O=C(c1ccc(-c2cc(Br)c(F)cc2F)s1)C1CC1. The summed E-state index contributed by atoms with van der Waals surface area (Å²) in [4.78, 5) is 13.2. The summed E-state index contributed by atoms with van der Waals surface area (Å²) in [6.07, 6.45) is 1.89. The van der Waals surface area contributed by atoms with Crippen molar-refractivity contribution in [2.24, 2.45) is 5.92 Å². The van der Waals surface area contributed by atoms with Gasteiger partial charge in [-0.1, -0.05) is 0 Å². The molecule has 98 valence electrons. The van der Waals surface area contributed by atoms with E-state index in [2.05, 4.69) is 15.9 Å². The van der Waals surface area contributed by atoms with Crippen LogP contribution in [0.15, 0.2) is 28.7 Å². The van der Waals surface area contributed by atoms with E-state index in [9.17, 15) is 13.6 Å². The molecule has 0 aliphatic heterocycles. The van der Waals surface area contributed by atoms with E-state index < -0.39 is 11.6 Å². The van der Waals surface area contributed by atoms with E-state index in [1.807, 2.05) is 0 Å². The van der Waals surface area contributed by atoms with Crippen molar-refractivity contribution in [2.45, 2.75) is 12.8 Å². The quantitative estimate of drug-likeness (QED) is 0.563. The van der Waals surface area contributed by atoms with Crippen LogP contribution < -0.4 is 0 Å². The molecule has 1 fully saturated rings. The van der Waals surface area contributed by atoms with Gasteiger partial charge in [0, 0.05) is 22.4 Å². The van der Waals surface area contributed by atoms with Crippen molar-refractivity contribution in [2.75, 3.05) is 0 Å². The van der Waals surface area contributed by atoms with E-state index in [4.69, 9.17) is 0 Å².